The van der Waals surface area contributed by atoms with Crippen LogP contribution in [0.2, 0.25) is 0 Å². The van der Waals surface area contributed by atoms with Gasteiger partial charge in [0.1, 0.15) is 5.01 Å². The van der Waals surface area contributed by atoms with Crippen molar-refractivity contribution in [1.29, 1.82) is 0 Å². The van der Waals surface area contributed by atoms with Crippen molar-refractivity contribution < 1.29 is 4.79 Å². The Balaban J connectivity index is 1.98. The average Bonchev–Trinajstić information content (AvgIpc) is 2.78. The minimum absolute atomic E-state index is 0.108. The molecule has 0 unspecified atom stereocenters. The van der Waals surface area contributed by atoms with Gasteiger partial charge in [0, 0.05) is 0 Å². The molecule has 100 valence electrons. The van der Waals surface area contributed by atoms with Crippen LogP contribution in [0.15, 0.2) is 30.3 Å². The van der Waals surface area contributed by atoms with Gasteiger partial charge in [-0.1, -0.05) is 41.7 Å². The third kappa shape index (κ3) is 3.84. The summed E-state index contributed by atoms with van der Waals surface area (Å²) in [7, 11) is 0. The highest BCUT2D eigenvalue weighted by Gasteiger charge is 2.20. The standard InChI is InChI=1S/C13H16N4OS/c1-13(2,14)11-16-17-12(19-11)15-10(18)8-9-6-4-3-5-7-9/h3-7H,8,14H2,1-2H3,(H,15,17,18). The smallest absolute Gasteiger partial charge is 0.230 e. The number of rotatable bonds is 4. The second kappa shape index (κ2) is 5.46. The van der Waals surface area contributed by atoms with Crippen LogP contribution < -0.4 is 11.1 Å². The summed E-state index contributed by atoms with van der Waals surface area (Å²) in [5, 5.41) is 11.8. The molecular weight excluding hydrogens is 260 g/mol. The first kappa shape index (κ1) is 13.6. The van der Waals surface area contributed by atoms with Crippen LogP contribution in [-0.2, 0) is 16.8 Å². The molecule has 0 spiro atoms. The van der Waals surface area contributed by atoms with E-state index < -0.39 is 5.54 Å². The minimum atomic E-state index is -0.542. The number of nitrogens with zero attached hydrogens (tertiary/aromatic N) is 2. The van der Waals surface area contributed by atoms with E-state index in [1.54, 1.807) is 0 Å². The predicted octanol–water partition coefficient (Wildman–Crippen LogP) is 1.91. The van der Waals surface area contributed by atoms with Gasteiger partial charge in [-0.2, -0.15) is 0 Å². The van der Waals surface area contributed by atoms with E-state index in [2.05, 4.69) is 15.5 Å². The van der Waals surface area contributed by atoms with Gasteiger partial charge in [-0.25, -0.2) is 0 Å². The van der Waals surface area contributed by atoms with Crippen LogP contribution in [0.1, 0.15) is 24.4 Å². The molecule has 2 aromatic rings. The maximum absolute atomic E-state index is 11.8. The Morgan fingerprint density at radius 2 is 2.00 bits per heavy atom. The monoisotopic (exact) mass is 276 g/mol. The fourth-order valence-electron chi connectivity index (χ4n) is 1.48. The van der Waals surface area contributed by atoms with E-state index in [1.165, 1.54) is 11.3 Å². The Bertz CT molecular complexity index is 560. The van der Waals surface area contributed by atoms with Gasteiger partial charge in [0.05, 0.1) is 12.0 Å². The molecule has 1 amide bonds. The molecule has 0 radical (unpaired) electrons. The Hall–Kier alpha value is -1.79. The van der Waals surface area contributed by atoms with Crippen molar-refractivity contribution in [3.63, 3.8) is 0 Å². The molecule has 0 saturated heterocycles. The fourth-order valence-corrected chi connectivity index (χ4v) is 2.25. The van der Waals surface area contributed by atoms with E-state index >= 15 is 0 Å². The zero-order chi connectivity index (χ0) is 13.9. The van der Waals surface area contributed by atoms with Crippen molar-refractivity contribution >= 4 is 22.4 Å². The number of nitrogens with two attached hydrogens (primary N) is 1. The number of aromatic nitrogens is 2. The predicted molar refractivity (Wildman–Crippen MR) is 75.9 cm³/mol. The molecule has 0 fully saturated rings. The van der Waals surface area contributed by atoms with Crippen molar-refractivity contribution in [2.45, 2.75) is 25.8 Å². The first-order valence-electron chi connectivity index (χ1n) is 5.92. The van der Waals surface area contributed by atoms with E-state index in [0.717, 1.165) is 5.56 Å². The van der Waals surface area contributed by atoms with Gasteiger partial charge >= 0.3 is 0 Å². The molecule has 0 aliphatic heterocycles. The number of carbonyl (C=O) groups is 1. The zero-order valence-corrected chi connectivity index (χ0v) is 11.7. The lowest BCUT2D eigenvalue weighted by atomic mass is 10.1. The third-order valence-corrected chi connectivity index (χ3v) is 3.61. The number of carbonyl (C=O) groups excluding carboxylic acids is 1. The number of hydrogen-bond donors (Lipinski definition) is 2. The first-order chi connectivity index (χ1) is 8.95. The molecule has 5 nitrogen and oxygen atoms in total. The highest BCUT2D eigenvalue weighted by Crippen LogP contribution is 2.24. The number of amides is 1. The van der Waals surface area contributed by atoms with Gasteiger partial charge in [0.15, 0.2) is 0 Å². The zero-order valence-electron chi connectivity index (χ0n) is 10.9. The normalized spacial score (nSPS) is 11.3. The number of nitrogens with one attached hydrogen (secondary N) is 1. The second-order valence-electron chi connectivity index (χ2n) is 4.84. The van der Waals surface area contributed by atoms with Crippen molar-refractivity contribution in [2.24, 2.45) is 5.73 Å². The van der Waals surface area contributed by atoms with Gasteiger partial charge in [-0.15, -0.1) is 10.2 Å². The Morgan fingerprint density at radius 3 is 2.58 bits per heavy atom. The first-order valence-corrected chi connectivity index (χ1v) is 6.73. The molecule has 1 heterocycles. The van der Waals surface area contributed by atoms with Gasteiger partial charge in [0.2, 0.25) is 11.0 Å². The summed E-state index contributed by atoms with van der Waals surface area (Å²) in [6, 6.07) is 9.55. The molecule has 1 aromatic heterocycles. The van der Waals surface area contributed by atoms with Crippen molar-refractivity contribution in [3.05, 3.63) is 40.9 Å². The number of hydrogen-bond acceptors (Lipinski definition) is 5. The molecule has 1 aromatic carbocycles. The average molecular weight is 276 g/mol. The van der Waals surface area contributed by atoms with Crippen LogP contribution in [-0.4, -0.2) is 16.1 Å². The number of benzene rings is 1. The molecule has 6 heteroatoms. The van der Waals surface area contributed by atoms with Crippen LogP contribution in [0, 0.1) is 0 Å². The van der Waals surface area contributed by atoms with Crippen LogP contribution in [0.5, 0.6) is 0 Å². The van der Waals surface area contributed by atoms with Crippen molar-refractivity contribution in [2.75, 3.05) is 5.32 Å². The summed E-state index contributed by atoms with van der Waals surface area (Å²) in [6.45, 7) is 3.70. The van der Waals surface area contributed by atoms with E-state index in [1.807, 2.05) is 44.2 Å². The molecule has 0 bridgehead atoms. The molecule has 0 aliphatic rings. The van der Waals surface area contributed by atoms with Crippen molar-refractivity contribution in [1.82, 2.24) is 10.2 Å². The van der Waals surface area contributed by atoms with Gasteiger partial charge < -0.3 is 11.1 Å². The van der Waals surface area contributed by atoms with Gasteiger partial charge in [-0.3, -0.25) is 4.79 Å². The van der Waals surface area contributed by atoms with Crippen molar-refractivity contribution in [3.8, 4) is 0 Å². The number of anilines is 1. The minimum Gasteiger partial charge on any atom is -0.320 e. The van der Waals surface area contributed by atoms with Crippen LogP contribution >= 0.6 is 11.3 Å². The summed E-state index contributed by atoms with van der Waals surface area (Å²) in [5.41, 5.74) is 6.34. The Morgan fingerprint density at radius 1 is 1.32 bits per heavy atom. The lowest BCUT2D eigenvalue weighted by molar-refractivity contribution is -0.115. The quantitative estimate of drug-likeness (QED) is 0.894. The summed E-state index contributed by atoms with van der Waals surface area (Å²) in [5.74, 6) is -0.108. The van der Waals surface area contributed by atoms with Gasteiger partial charge in [-0.05, 0) is 19.4 Å². The Kier molecular flexibility index (Phi) is 3.92. The molecule has 0 saturated carbocycles. The summed E-state index contributed by atoms with van der Waals surface area (Å²) >= 11 is 1.30. The molecule has 0 aliphatic carbocycles. The highest BCUT2D eigenvalue weighted by atomic mass is 32.1. The molecule has 0 atom stereocenters. The van der Waals surface area contributed by atoms with Crippen LogP contribution in [0.3, 0.4) is 0 Å². The molecule has 2 rings (SSSR count). The second-order valence-corrected chi connectivity index (χ2v) is 5.82. The maximum Gasteiger partial charge on any atom is 0.230 e. The lowest BCUT2D eigenvalue weighted by Crippen LogP contribution is -2.28. The lowest BCUT2D eigenvalue weighted by Gasteiger charge is -2.12. The van der Waals surface area contributed by atoms with E-state index in [-0.39, 0.29) is 5.91 Å². The van der Waals surface area contributed by atoms with E-state index in [0.29, 0.717) is 16.6 Å². The van der Waals surface area contributed by atoms with Crippen LogP contribution in [0.25, 0.3) is 0 Å². The Labute approximate surface area is 115 Å². The molecule has 3 N–H and O–H groups in total. The van der Waals surface area contributed by atoms with E-state index in [9.17, 15) is 4.79 Å². The topological polar surface area (TPSA) is 80.9 Å². The molecule has 19 heavy (non-hydrogen) atoms. The van der Waals surface area contributed by atoms with Gasteiger partial charge in [0.25, 0.3) is 0 Å². The van der Waals surface area contributed by atoms with E-state index in [4.69, 9.17) is 5.73 Å². The van der Waals surface area contributed by atoms with Crippen LogP contribution in [0.4, 0.5) is 5.13 Å². The highest BCUT2D eigenvalue weighted by molar-refractivity contribution is 7.15. The largest absolute Gasteiger partial charge is 0.320 e. The summed E-state index contributed by atoms with van der Waals surface area (Å²) in [6.07, 6.45) is 0.321. The third-order valence-electron chi connectivity index (χ3n) is 2.43. The summed E-state index contributed by atoms with van der Waals surface area (Å²) in [4.78, 5) is 11.8. The maximum atomic E-state index is 11.8. The molecular formula is C13H16N4OS. The summed E-state index contributed by atoms with van der Waals surface area (Å²) < 4.78 is 0. The fraction of sp³-hybridized carbons (Fsp3) is 0.308. The SMILES string of the molecule is CC(C)(N)c1nnc(NC(=O)Cc2ccccc2)s1.